The van der Waals surface area contributed by atoms with Gasteiger partial charge < -0.3 is 0 Å². The number of hydrogen-bond acceptors (Lipinski definition) is 2. The van der Waals surface area contributed by atoms with E-state index in [2.05, 4.69) is 41.1 Å². The van der Waals surface area contributed by atoms with Crippen LogP contribution in [0.1, 0.15) is 37.8 Å². The van der Waals surface area contributed by atoms with Gasteiger partial charge in [0.25, 0.3) is 0 Å². The highest BCUT2D eigenvalue weighted by Gasteiger charge is 2.24. The summed E-state index contributed by atoms with van der Waals surface area (Å²) in [5, 5.41) is 1.26. The SMILES string of the molecule is CCCN1CCC[C@@H]1c1ccc2ncccc2c1. The molecule has 0 radical (unpaired) electrons. The lowest BCUT2D eigenvalue weighted by Crippen LogP contribution is -2.23. The lowest BCUT2D eigenvalue weighted by molar-refractivity contribution is 0.258. The number of likely N-dealkylation sites (tertiary alicyclic amines) is 1. The smallest absolute Gasteiger partial charge is 0.0702 e. The van der Waals surface area contributed by atoms with Gasteiger partial charge in [-0.1, -0.05) is 19.1 Å². The van der Waals surface area contributed by atoms with E-state index >= 15 is 0 Å². The zero-order chi connectivity index (χ0) is 12.4. The van der Waals surface area contributed by atoms with E-state index in [0.29, 0.717) is 6.04 Å². The van der Waals surface area contributed by atoms with Gasteiger partial charge in [-0.05, 0) is 56.1 Å². The van der Waals surface area contributed by atoms with Crippen LogP contribution in [0, 0.1) is 0 Å². The van der Waals surface area contributed by atoms with Crippen molar-refractivity contribution in [3.8, 4) is 0 Å². The Balaban J connectivity index is 1.93. The maximum atomic E-state index is 4.39. The predicted octanol–water partition coefficient (Wildman–Crippen LogP) is 3.78. The van der Waals surface area contributed by atoms with Crippen molar-refractivity contribution in [3.63, 3.8) is 0 Å². The van der Waals surface area contributed by atoms with E-state index in [-0.39, 0.29) is 0 Å². The second kappa shape index (κ2) is 5.07. The van der Waals surface area contributed by atoms with Crippen LogP contribution in [-0.2, 0) is 0 Å². The fourth-order valence-electron chi connectivity index (χ4n) is 3.06. The van der Waals surface area contributed by atoms with E-state index in [1.807, 2.05) is 12.3 Å². The van der Waals surface area contributed by atoms with E-state index in [9.17, 15) is 0 Å². The van der Waals surface area contributed by atoms with Gasteiger partial charge in [0.15, 0.2) is 0 Å². The number of pyridine rings is 1. The number of nitrogens with zero attached hydrogens (tertiary/aromatic N) is 2. The highest BCUT2D eigenvalue weighted by atomic mass is 15.2. The lowest BCUT2D eigenvalue weighted by atomic mass is 10.0. The molecule has 2 nitrogen and oxygen atoms in total. The van der Waals surface area contributed by atoms with Crippen LogP contribution < -0.4 is 0 Å². The molecular formula is C16H20N2. The molecule has 1 aromatic carbocycles. The summed E-state index contributed by atoms with van der Waals surface area (Å²) < 4.78 is 0. The molecule has 1 fully saturated rings. The minimum atomic E-state index is 0.620. The van der Waals surface area contributed by atoms with Gasteiger partial charge in [0, 0.05) is 17.6 Å². The second-order valence-corrected chi connectivity index (χ2v) is 5.15. The Morgan fingerprint density at radius 2 is 2.28 bits per heavy atom. The summed E-state index contributed by atoms with van der Waals surface area (Å²) in [7, 11) is 0. The zero-order valence-corrected chi connectivity index (χ0v) is 11.0. The van der Waals surface area contributed by atoms with Gasteiger partial charge >= 0.3 is 0 Å². The molecule has 0 unspecified atom stereocenters. The van der Waals surface area contributed by atoms with Crippen LogP contribution in [0.2, 0.25) is 0 Å². The van der Waals surface area contributed by atoms with E-state index in [0.717, 1.165) is 5.52 Å². The Bertz CT molecular complexity index is 535. The van der Waals surface area contributed by atoms with Gasteiger partial charge in [0.2, 0.25) is 0 Å². The lowest BCUT2D eigenvalue weighted by Gasteiger charge is -2.24. The summed E-state index contributed by atoms with van der Waals surface area (Å²) in [6.07, 6.45) is 5.73. The highest BCUT2D eigenvalue weighted by molar-refractivity contribution is 5.79. The molecule has 1 aliphatic rings. The van der Waals surface area contributed by atoms with Crippen LogP contribution in [0.5, 0.6) is 0 Å². The van der Waals surface area contributed by atoms with Crippen LogP contribution >= 0.6 is 0 Å². The molecule has 0 saturated carbocycles. The monoisotopic (exact) mass is 240 g/mol. The third-order valence-electron chi connectivity index (χ3n) is 3.89. The molecule has 0 spiro atoms. The maximum Gasteiger partial charge on any atom is 0.0702 e. The molecule has 1 aliphatic heterocycles. The average Bonchev–Trinajstić information content (AvgIpc) is 2.87. The number of aromatic nitrogens is 1. The molecular weight excluding hydrogens is 220 g/mol. The van der Waals surface area contributed by atoms with Crippen LogP contribution in [0.4, 0.5) is 0 Å². The number of rotatable bonds is 3. The van der Waals surface area contributed by atoms with Crippen LogP contribution in [-0.4, -0.2) is 23.0 Å². The normalized spacial score (nSPS) is 20.6. The van der Waals surface area contributed by atoms with Gasteiger partial charge in [0.05, 0.1) is 5.52 Å². The molecule has 0 bridgehead atoms. The minimum absolute atomic E-state index is 0.620. The molecule has 2 aromatic rings. The zero-order valence-electron chi connectivity index (χ0n) is 11.0. The molecule has 2 heterocycles. The molecule has 2 heteroatoms. The Labute approximate surface area is 109 Å². The molecule has 18 heavy (non-hydrogen) atoms. The highest BCUT2D eigenvalue weighted by Crippen LogP contribution is 2.33. The first-order valence-electron chi connectivity index (χ1n) is 6.97. The van der Waals surface area contributed by atoms with Crippen molar-refractivity contribution in [1.82, 2.24) is 9.88 Å². The Kier molecular flexibility index (Phi) is 3.28. The van der Waals surface area contributed by atoms with Gasteiger partial charge in [-0.2, -0.15) is 0 Å². The van der Waals surface area contributed by atoms with Gasteiger partial charge in [0.1, 0.15) is 0 Å². The topological polar surface area (TPSA) is 16.1 Å². The van der Waals surface area contributed by atoms with Crippen LogP contribution in [0.25, 0.3) is 10.9 Å². The number of hydrogen-bond donors (Lipinski definition) is 0. The summed E-state index contributed by atoms with van der Waals surface area (Å²) in [5.41, 5.74) is 2.56. The first kappa shape index (κ1) is 11.7. The Morgan fingerprint density at radius 3 is 3.17 bits per heavy atom. The first-order valence-corrected chi connectivity index (χ1v) is 6.97. The van der Waals surface area contributed by atoms with E-state index < -0.39 is 0 Å². The molecule has 94 valence electrons. The van der Waals surface area contributed by atoms with Crippen molar-refractivity contribution in [1.29, 1.82) is 0 Å². The van der Waals surface area contributed by atoms with E-state index in [1.165, 1.54) is 43.3 Å². The maximum absolute atomic E-state index is 4.39. The summed E-state index contributed by atoms with van der Waals surface area (Å²) in [6.45, 7) is 4.74. The molecule has 1 aromatic heterocycles. The van der Waals surface area contributed by atoms with Crippen molar-refractivity contribution >= 4 is 10.9 Å². The number of benzene rings is 1. The summed E-state index contributed by atoms with van der Waals surface area (Å²) in [6, 6.07) is 11.5. The molecule has 1 atom stereocenters. The fraction of sp³-hybridized carbons (Fsp3) is 0.438. The summed E-state index contributed by atoms with van der Waals surface area (Å²) in [4.78, 5) is 7.01. The van der Waals surface area contributed by atoms with Crippen molar-refractivity contribution in [2.45, 2.75) is 32.2 Å². The molecule has 0 amide bonds. The summed E-state index contributed by atoms with van der Waals surface area (Å²) in [5.74, 6) is 0. The standard InChI is InChI=1S/C16H20N2/c1-2-10-18-11-4-6-16(18)14-7-8-15-13(12-14)5-3-9-17-15/h3,5,7-9,12,16H,2,4,6,10-11H2,1H3/t16-/m1/s1. The van der Waals surface area contributed by atoms with Gasteiger partial charge in [-0.25, -0.2) is 0 Å². The van der Waals surface area contributed by atoms with Crippen LogP contribution in [0.3, 0.4) is 0 Å². The predicted molar refractivity (Wildman–Crippen MR) is 75.6 cm³/mol. The van der Waals surface area contributed by atoms with Crippen molar-refractivity contribution in [2.75, 3.05) is 13.1 Å². The van der Waals surface area contributed by atoms with E-state index in [4.69, 9.17) is 0 Å². The third-order valence-corrected chi connectivity index (χ3v) is 3.89. The van der Waals surface area contributed by atoms with Crippen molar-refractivity contribution < 1.29 is 0 Å². The molecule has 3 rings (SSSR count). The fourth-order valence-corrected chi connectivity index (χ4v) is 3.06. The Morgan fingerprint density at radius 1 is 1.33 bits per heavy atom. The van der Waals surface area contributed by atoms with Gasteiger partial charge in [-0.3, -0.25) is 9.88 Å². The van der Waals surface area contributed by atoms with Crippen molar-refractivity contribution in [3.05, 3.63) is 42.1 Å². The quantitative estimate of drug-likeness (QED) is 0.811. The second-order valence-electron chi connectivity index (χ2n) is 5.15. The van der Waals surface area contributed by atoms with Crippen molar-refractivity contribution in [2.24, 2.45) is 0 Å². The first-order chi connectivity index (χ1) is 8.88. The Hall–Kier alpha value is -1.41. The van der Waals surface area contributed by atoms with Crippen LogP contribution in [0.15, 0.2) is 36.5 Å². The third kappa shape index (κ3) is 2.13. The largest absolute Gasteiger partial charge is 0.296 e. The molecule has 0 aliphatic carbocycles. The minimum Gasteiger partial charge on any atom is -0.296 e. The van der Waals surface area contributed by atoms with Gasteiger partial charge in [-0.15, -0.1) is 0 Å². The number of fused-ring (bicyclic) bond motifs is 1. The molecule has 0 N–H and O–H groups in total. The molecule has 1 saturated heterocycles. The van der Waals surface area contributed by atoms with E-state index in [1.54, 1.807) is 0 Å². The average molecular weight is 240 g/mol. The summed E-state index contributed by atoms with van der Waals surface area (Å²) >= 11 is 0.